The predicted molar refractivity (Wildman–Crippen MR) is 69.0 cm³/mol. The van der Waals surface area contributed by atoms with Crippen molar-refractivity contribution in [3.63, 3.8) is 0 Å². The quantitative estimate of drug-likeness (QED) is 0.809. The Bertz CT molecular complexity index is 554. The van der Waals surface area contributed by atoms with Crippen LogP contribution in [0.3, 0.4) is 0 Å². The first kappa shape index (κ1) is 12.5. The smallest absolute Gasteiger partial charge is 0.358 e. The van der Waals surface area contributed by atoms with Gasteiger partial charge in [0.2, 0.25) is 0 Å². The zero-order valence-corrected chi connectivity index (χ0v) is 10.5. The highest BCUT2D eigenvalue weighted by molar-refractivity contribution is 7.98. The summed E-state index contributed by atoms with van der Waals surface area (Å²) in [6, 6.07) is 9.34. The summed E-state index contributed by atoms with van der Waals surface area (Å²) in [5.41, 5.74) is 0.875. The molecule has 0 unspecified atom stereocenters. The Hall–Kier alpha value is -1.95. The maximum absolute atomic E-state index is 10.6. The summed E-state index contributed by atoms with van der Waals surface area (Å²) in [6.07, 6.45) is 2.01. The number of carboxylic acids is 1. The van der Waals surface area contributed by atoms with Gasteiger partial charge in [-0.05, 0) is 24.5 Å². The van der Waals surface area contributed by atoms with Crippen molar-refractivity contribution in [2.75, 3.05) is 11.6 Å². The normalized spacial score (nSPS) is 10.3. The van der Waals surface area contributed by atoms with Crippen molar-refractivity contribution in [3.8, 4) is 0 Å². The molecule has 0 spiro atoms. The number of carbonyl (C=O) groups is 1. The van der Waals surface area contributed by atoms with Crippen molar-refractivity contribution < 1.29 is 14.4 Å². The van der Waals surface area contributed by atoms with E-state index in [4.69, 9.17) is 9.63 Å². The molecule has 0 atom stereocenters. The van der Waals surface area contributed by atoms with E-state index in [1.54, 1.807) is 11.8 Å². The van der Waals surface area contributed by atoms with Gasteiger partial charge in [-0.25, -0.2) is 4.79 Å². The van der Waals surface area contributed by atoms with E-state index in [1.165, 1.54) is 6.07 Å². The minimum Gasteiger partial charge on any atom is -0.476 e. The number of carboxylic acid groups (broad SMARTS) is 1. The van der Waals surface area contributed by atoms with Crippen molar-refractivity contribution >= 4 is 23.4 Å². The number of aromatic carboxylic acids is 1. The molecule has 0 saturated carbocycles. The zero-order chi connectivity index (χ0) is 13.0. The molecule has 1 aromatic carbocycles. The van der Waals surface area contributed by atoms with Crippen LogP contribution in [0.4, 0.5) is 5.69 Å². The minimum atomic E-state index is -1.09. The second-order valence-electron chi connectivity index (χ2n) is 3.57. The molecular weight excluding hydrogens is 252 g/mol. The molecular formula is C12H12N2O3S. The van der Waals surface area contributed by atoms with Crippen LogP contribution in [0, 0.1) is 0 Å². The molecule has 18 heavy (non-hydrogen) atoms. The molecule has 0 aliphatic heterocycles. The van der Waals surface area contributed by atoms with Gasteiger partial charge in [-0.1, -0.05) is 11.2 Å². The second kappa shape index (κ2) is 5.59. The summed E-state index contributed by atoms with van der Waals surface area (Å²) in [6.45, 7) is 0.401. The summed E-state index contributed by atoms with van der Waals surface area (Å²) in [5.74, 6) is -0.601. The molecule has 2 rings (SSSR count). The monoisotopic (exact) mass is 264 g/mol. The third-order valence-corrected chi connectivity index (χ3v) is 3.04. The number of nitrogens with zero attached hydrogens (tertiary/aromatic N) is 1. The lowest BCUT2D eigenvalue weighted by Crippen LogP contribution is -1.98. The Morgan fingerprint density at radius 2 is 2.33 bits per heavy atom. The molecule has 0 aliphatic carbocycles. The number of aromatic nitrogens is 1. The average Bonchev–Trinajstić information content (AvgIpc) is 2.85. The minimum absolute atomic E-state index is 0.0790. The molecule has 0 saturated heterocycles. The van der Waals surface area contributed by atoms with Crippen LogP contribution >= 0.6 is 11.8 Å². The molecule has 5 nitrogen and oxygen atoms in total. The zero-order valence-electron chi connectivity index (χ0n) is 9.71. The Kier molecular flexibility index (Phi) is 3.88. The molecule has 0 aliphatic rings. The van der Waals surface area contributed by atoms with Crippen molar-refractivity contribution in [2.24, 2.45) is 0 Å². The summed E-state index contributed by atoms with van der Waals surface area (Å²) < 4.78 is 4.91. The third kappa shape index (κ3) is 3.04. The highest BCUT2D eigenvalue weighted by Crippen LogP contribution is 2.19. The summed E-state index contributed by atoms with van der Waals surface area (Å²) in [5, 5.41) is 15.3. The summed E-state index contributed by atoms with van der Waals surface area (Å²) >= 11 is 1.66. The Morgan fingerprint density at radius 1 is 1.50 bits per heavy atom. The van der Waals surface area contributed by atoms with Crippen molar-refractivity contribution in [1.82, 2.24) is 5.16 Å². The van der Waals surface area contributed by atoms with Crippen LogP contribution in [0.2, 0.25) is 0 Å². The van der Waals surface area contributed by atoms with Gasteiger partial charge in [-0.3, -0.25) is 0 Å². The lowest BCUT2D eigenvalue weighted by atomic mass is 10.3. The lowest BCUT2D eigenvalue weighted by Gasteiger charge is -2.04. The van der Waals surface area contributed by atoms with E-state index < -0.39 is 5.97 Å². The lowest BCUT2D eigenvalue weighted by molar-refractivity contribution is 0.0685. The van der Waals surface area contributed by atoms with Crippen molar-refractivity contribution in [3.05, 3.63) is 41.8 Å². The molecule has 1 heterocycles. The number of hydrogen-bond acceptors (Lipinski definition) is 5. The van der Waals surface area contributed by atoms with Crippen molar-refractivity contribution in [1.29, 1.82) is 0 Å². The van der Waals surface area contributed by atoms with Gasteiger partial charge in [0.15, 0.2) is 11.5 Å². The van der Waals surface area contributed by atoms with E-state index >= 15 is 0 Å². The van der Waals surface area contributed by atoms with Crippen LogP contribution in [-0.4, -0.2) is 22.5 Å². The molecule has 94 valence electrons. The molecule has 0 radical (unpaired) electrons. The average molecular weight is 264 g/mol. The van der Waals surface area contributed by atoms with Gasteiger partial charge in [0.25, 0.3) is 0 Å². The van der Waals surface area contributed by atoms with Crippen LogP contribution in [0.1, 0.15) is 16.2 Å². The summed E-state index contributed by atoms with van der Waals surface area (Å²) in [7, 11) is 0. The number of benzene rings is 1. The van der Waals surface area contributed by atoms with Gasteiger partial charge < -0.3 is 14.9 Å². The van der Waals surface area contributed by atoms with E-state index in [0.717, 1.165) is 10.6 Å². The van der Waals surface area contributed by atoms with E-state index in [2.05, 4.69) is 10.5 Å². The maximum Gasteiger partial charge on any atom is 0.358 e. The molecule has 2 N–H and O–H groups in total. The van der Waals surface area contributed by atoms with Gasteiger partial charge in [-0.15, -0.1) is 11.8 Å². The fourth-order valence-corrected chi connectivity index (χ4v) is 1.88. The maximum atomic E-state index is 10.6. The molecule has 6 heteroatoms. The first-order valence-electron chi connectivity index (χ1n) is 5.26. The molecule has 0 amide bonds. The predicted octanol–water partition coefficient (Wildman–Crippen LogP) is 2.71. The topological polar surface area (TPSA) is 75.4 Å². The molecule has 2 aromatic rings. The first-order valence-corrected chi connectivity index (χ1v) is 6.48. The number of nitrogens with one attached hydrogen (secondary N) is 1. The molecule has 0 fully saturated rings. The van der Waals surface area contributed by atoms with E-state index in [0.29, 0.717) is 12.3 Å². The number of anilines is 1. The second-order valence-corrected chi connectivity index (χ2v) is 4.45. The van der Waals surface area contributed by atoms with Crippen LogP contribution in [-0.2, 0) is 6.54 Å². The van der Waals surface area contributed by atoms with Crippen LogP contribution in [0.25, 0.3) is 0 Å². The fourth-order valence-electron chi connectivity index (χ4n) is 1.42. The van der Waals surface area contributed by atoms with E-state index in [-0.39, 0.29) is 5.69 Å². The van der Waals surface area contributed by atoms with Crippen LogP contribution in [0.5, 0.6) is 0 Å². The van der Waals surface area contributed by atoms with E-state index in [9.17, 15) is 4.79 Å². The summed E-state index contributed by atoms with van der Waals surface area (Å²) in [4.78, 5) is 11.8. The van der Waals surface area contributed by atoms with E-state index in [1.807, 2.05) is 30.5 Å². The van der Waals surface area contributed by atoms with Gasteiger partial charge in [0.1, 0.15) is 0 Å². The van der Waals surface area contributed by atoms with Gasteiger partial charge >= 0.3 is 5.97 Å². The fraction of sp³-hybridized carbons (Fsp3) is 0.167. The largest absolute Gasteiger partial charge is 0.476 e. The number of thioether (sulfide) groups is 1. The van der Waals surface area contributed by atoms with Crippen LogP contribution < -0.4 is 5.32 Å². The standard InChI is InChI=1S/C12H12N2O3S/c1-18-10-4-2-3-8(5-10)13-7-9-6-11(12(15)16)14-17-9/h2-6,13H,7H2,1H3,(H,15,16). The van der Waals surface area contributed by atoms with Crippen molar-refractivity contribution in [2.45, 2.75) is 11.4 Å². The Balaban J connectivity index is 1.99. The van der Waals surface area contributed by atoms with Gasteiger partial charge in [-0.2, -0.15) is 0 Å². The van der Waals surface area contributed by atoms with Crippen LogP contribution in [0.15, 0.2) is 39.8 Å². The van der Waals surface area contributed by atoms with Gasteiger partial charge in [0.05, 0.1) is 6.54 Å². The Labute approximate surface area is 108 Å². The molecule has 1 aromatic heterocycles. The highest BCUT2D eigenvalue weighted by atomic mass is 32.2. The first-order chi connectivity index (χ1) is 8.69. The number of hydrogen-bond donors (Lipinski definition) is 2. The SMILES string of the molecule is CSc1cccc(NCc2cc(C(=O)O)no2)c1. The molecule has 0 bridgehead atoms. The third-order valence-electron chi connectivity index (χ3n) is 2.31. The van der Waals surface area contributed by atoms with Gasteiger partial charge in [0, 0.05) is 16.6 Å². The number of rotatable bonds is 5. The Morgan fingerprint density at radius 3 is 3.00 bits per heavy atom. The highest BCUT2D eigenvalue weighted by Gasteiger charge is 2.10.